The summed E-state index contributed by atoms with van der Waals surface area (Å²) < 4.78 is 5.19. The maximum absolute atomic E-state index is 11.8. The van der Waals surface area contributed by atoms with E-state index in [0.29, 0.717) is 12.5 Å². The molecule has 1 N–H and O–H groups in total. The Morgan fingerprint density at radius 1 is 1.41 bits per heavy atom. The van der Waals surface area contributed by atoms with Crippen molar-refractivity contribution in [2.45, 2.75) is 39.2 Å². The second-order valence-electron chi connectivity index (χ2n) is 4.67. The summed E-state index contributed by atoms with van der Waals surface area (Å²) in [5.41, 5.74) is 0. The summed E-state index contributed by atoms with van der Waals surface area (Å²) in [6.45, 7) is 7.17. The highest BCUT2D eigenvalue weighted by molar-refractivity contribution is 5.76. The Balaban J connectivity index is 2.18. The first-order chi connectivity index (χ1) is 8.22. The molecule has 0 saturated heterocycles. The number of rotatable bonds is 9. The molecule has 1 aliphatic rings. The zero-order valence-corrected chi connectivity index (χ0v) is 11.4. The minimum atomic E-state index is 0.245. The van der Waals surface area contributed by atoms with E-state index in [1.165, 1.54) is 12.8 Å². The lowest BCUT2D eigenvalue weighted by atomic mass is 10.2. The molecule has 1 rings (SSSR count). The largest absolute Gasteiger partial charge is 0.383 e. The second kappa shape index (κ2) is 7.67. The molecule has 0 aliphatic heterocycles. The van der Waals surface area contributed by atoms with E-state index in [2.05, 4.69) is 5.32 Å². The number of nitrogens with one attached hydrogen (secondary N) is 1. The number of hydrogen-bond acceptors (Lipinski definition) is 3. The number of hydrogen-bond donors (Lipinski definition) is 1. The molecular formula is C13H26N2O2. The Kier molecular flexibility index (Phi) is 6.52. The molecule has 0 aromatic heterocycles. The Bertz CT molecular complexity index is 225. The average molecular weight is 242 g/mol. The van der Waals surface area contributed by atoms with Crippen LogP contribution in [-0.2, 0) is 9.53 Å². The highest BCUT2D eigenvalue weighted by Gasteiger charge is 2.30. The van der Waals surface area contributed by atoms with Crippen LogP contribution in [-0.4, -0.2) is 50.2 Å². The third-order valence-corrected chi connectivity index (χ3v) is 3.40. The molecule has 0 aromatic rings. The summed E-state index contributed by atoms with van der Waals surface area (Å²) in [5.74, 6) is 1.01. The standard InChI is InChI=1S/C13H26N2O2/c1-4-15(5-2)13(16)8-9-14-12(10-17-3)11-6-7-11/h11-12,14H,4-10H2,1-3H3. The summed E-state index contributed by atoms with van der Waals surface area (Å²) in [7, 11) is 1.73. The highest BCUT2D eigenvalue weighted by Crippen LogP contribution is 2.32. The van der Waals surface area contributed by atoms with E-state index in [1.807, 2.05) is 18.7 Å². The van der Waals surface area contributed by atoms with Gasteiger partial charge in [-0.15, -0.1) is 0 Å². The first-order valence-corrected chi connectivity index (χ1v) is 6.73. The van der Waals surface area contributed by atoms with Crippen LogP contribution in [0.1, 0.15) is 33.1 Å². The summed E-state index contributed by atoms with van der Waals surface area (Å²) >= 11 is 0. The van der Waals surface area contributed by atoms with Crippen molar-refractivity contribution in [3.05, 3.63) is 0 Å². The predicted octanol–water partition coefficient (Wildman–Crippen LogP) is 1.26. The maximum Gasteiger partial charge on any atom is 0.223 e. The molecule has 4 nitrogen and oxygen atoms in total. The monoisotopic (exact) mass is 242 g/mol. The topological polar surface area (TPSA) is 41.6 Å². The van der Waals surface area contributed by atoms with E-state index in [9.17, 15) is 4.79 Å². The van der Waals surface area contributed by atoms with E-state index in [1.54, 1.807) is 7.11 Å². The van der Waals surface area contributed by atoms with Crippen LogP contribution >= 0.6 is 0 Å². The fourth-order valence-electron chi connectivity index (χ4n) is 2.14. The van der Waals surface area contributed by atoms with Crippen LogP contribution in [0.5, 0.6) is 0 Å². The van der Waals surface area contributed by atoms with Gasteiger partial charge in [-0.3, -0.25) is 4.79 Å². The Hall–Kier alpha value is -0.610. The zero-order valence-electron chi connectivity index (χ0n) is 11.4. The average Bonchev–Trinajstić information content (AvgIpc) is 3.13. The second-order valence-corrected chi connectivity index (χ2v) is 4.67. The molecule has 4 heteroatoms. The maximum atomic E-state index is 11.8. The van der Waals surface area contributed by atoms with Gasteiger partial charge < -0.3 is 15.0 Å². The zero-order chi connectivity index (χ0) is 12.7. The van der Waals surface area contributed by atoms with Crippen LogP contribution in [0.4, 0.5) is 0 Å². The number of carbonyl (C=O) groups excluding carboxylic acids is 1. The van der Waals surface area contributed by atoms with Gasteiger partial charge in [-0.25, -0.2) is 0 Å². The molecule has 0 radical (unpaired) electrons. The number of carbonyl (C=O) groups is 1. The summed E-state index contributed by atoms with van der Waals surface area (Å²) in [6.07, 6.45) is 3.19. The van der Waals surface area contributed by atoms with Crippen molar-refractivity contribution in [2.24, 2.45) is 5.92 Å². The number of methoxy groups -OCH3 is 1. The molecule has 100 valence electrons. The van der Waals surface area contributed by atoms with E-state index in [0.717, 1.165) is 32.2 Å². The Morgan fingerprint density at radius 3 is 2.53 bits per heavy atom. The van der Waals surface area contributed by atoms with Gasteiger partial charge in [0.1, 0.15) is 0 Å². The van der Waals surface area contributed by atoms with Crippen LogP contribution in [0.25, 0.3) is 0 Å². The third kappa shape index (κ3) is 5.04. The van der Waals surface area contributed by atoms with E-state index in [-0.39, 0.29) is 5.91 Å². The quantitative estimate of drug-likeness (QED) is 0.662. The Labute approximate surface area is 105 Å². The molecule has 1 fully saturated rings. The van der Waals surface area contributed by atoms with Gasteiger partial charge in [0.25, 0.3) is 0 Å². The summed E-state index contributed by atoms with van der Waals surface area (Å²) in [6, 6.07) is 0.435. The lowest BCUT2D eigenvalue weighted by Gasteiger charge is -2.20. The minimum Gasteiger partial charge on any atom is -0.383 e. The SMILES string of the molecule is CCN(CC)C(=O)CCNC(COC)C1CC1. The number of ether oxygens (including phenoxy) is 1. The van der Waals surface area contributed by atoms with Crippen molar-refractivity contribution < 1.29 is 9.53 Å². The fourth-order valence-corrected chi connectivity index (χ4v) is 2.14. The van der Waals surface area contributed by atoms with E-state index < -0.39 is 0 Å². The van der Waals surface area contributed by atoms with Gasteiger partial charge in [-0.05, 0) is 32.6 Å². The fraction of sp³-hybridized carbons (Fsp3) is 0.923. The van der Waals surface area contributed by atoms with Gasteiger partial charge in [-0.1, -0.05) is 0 Å². The van der Waals surface area contributed by atoms with Crippen LogP contribution in [0, 0.1) is 5.92 Å². The van der Waals surface area contributed by atoms with Gasteiger partial charge >= 0.3 is 0 Å². The smallest absolute Gasteiger partial charge is 0.223 e. The molecule has 17 heavy (non-hydrogen) atoms. The molecular weight excluding hydrogens is 216 g/mol. The highest BCUT2D eigenvalue weighted by atomic mass is 16.5. The lowest BCUT2D eigenvalue weighted by molar-refractivity contribution is -0.130. The van der Waals surface area contributed by atoms with E-state index in [4.69, 9.17) is 4.74 Å². The molecule has 0 heterocycles. The number of nitrogens with zero attached hydrogens (tertiary/aromatic N) is 1. The first kappa shape index (κ1) is 14.5. The molecule has 1 saturated carbocycles. The lowest BCUT2D eigenvalue weighted by Crippen LogP contribution is -2.39. The minimum absolute atomic E-state index is 0.245. The molecule has 1 aliphatic carbocycles. The molecule has 0 spiro atoms. The van der Waals surface area contributed by atoms with Crippen LogP contribution < -0.4 is 5.32 Å². The Morgan fingerprint density at radius 2 is 2.06 bits per heavy atom. The molecule has 1 amide bonds. The number of amides is 1. The van der Waals surface area contributed by atoms with Crippen molar-refractivity contribution in [3.63, 3.8) is 0 Å². The first-order valence-electron chi connectivity index (χ1n) is 6.73. The summed E-state index contributed by atoms with van der Waals surface area (Å²) in [4.78, 5) is 13.7. The molecule has 0 aromatic carbocycles. The van der Waals surface area contributed by atoms with Gasteiger partial charge in [-0.2, -0.15) is 0 Å². The molecule has 1 unspecified atom stereocenters. The molecule has 0 bridgehead atoms. The summed E-state index contributed by atoms with van der Waals surface area (Å²) in [5, 5.41) is 3.44. The van der Waals surface area contributed by atoms with Crippen molar-refractivity contribution in [1.29, 1.82) is 0 Å². The predicted molar refractivity (Wildman–Crippen MR) is 68.9 cm³/mol. The van der Waals surface area contributed by atoms with Gasteiger partial charge in [0.2, 0.25) is 5.91 Å². The van der Waals surface area contributed by atoms with Gasteiger partial charge in [0, 0.05) is 39.2 Å². The van der Waals surface area contributed by atoms with Crippen LogP contribution in [0.3, 0.4) is 0 Å². The van der Waals surface area contributed by atoms with Crippen molar-refractivity contribution in [2.75, 3.05) is 33.4 Å². The van der Waals surface area contributed by atoms with Crippen LogP contribution in [0.15, 0.2) is 0 Å². The van der Waals surface area contributed by atoms with Crippen molar-refractivity contribution >= 4 is 5.91 Å². The normalized spacial score (nSPS) is 16.9. The van der Waals surface area contributed by atoms with Crippen molar-refractivity contribution in [1.82, 2.24) is 10.2 Å². The van der Waals surface area contributed by atoms with Crippen molar-refractivity contribution in [3.8, 4) is 0 Å². The molecule has 1 atom stereocenters. The van der Waals surface area contributed by atoms with Crippen LogP contribution in [0.2, 0.25) is 0 Å². The van der Waals surface area contributed by atoms with Gasteiger partial charge in [0.15, 0.2) is 0 Å². The van der Waals surface area contributed by atoms with Gasteiger partial charge in [0.05, 0.1) is 6.61 Å². The third-order valence-electron chi connectivity index (χ3n) is 3.40. The van der Waals surface area contributed by atoms with E-state index >= 15 is 0 Å².